The van der Waals surface area contributed by atoms with Gasteiger partial charge < -0.3 is 16.0 Å². The molecule has 1 aromatic rings. The Morgan fingerprint density at radius 1 is 1.20 bits per heavy atom. The third-order valence-corrected chi connectivity index (χ3v) is 5.97. The average molecular weight is 364 g/mol. The quantitative estimate of drug-likeness (QED) is 0.866. The van der Waals surface area contributed by atoms with Gasteiger partial charge in [-0.1, -0.05) is 18.0 Å². The lowest BCUT2D eigenvalue weighted by Crippen LogP contribution is -2.48. The topological polar surface area (TPSA) is 75.4 Å². The van der Waals surface area contributed by atoms with Gasteiger partial charge in [0.1, 0.15) is 0 Å². The number of carbonyl (C=O) groups excluding carboxylic acids is 2. The van der Waals surface area contributed by atoms with Crippen molar-refractivity contribution < 1.29 is 9.59 Å². The second-order valence-electron chi connectivity index (χ2n) is 7.58. The molecule has 3 rings (SSSR count). The van der Waals surface area contributed by atoms with E-state index >= 15 is 0 Å². The Balaban J connectivity index is 1.67. The normalized spacial score (nSPS) is 28.3. The van der Waals surface area contributed by atoms with Crippen LogP contribution in [0.3, 0.4) is 0 Å². The number of carbonyl (C=O) groups is 2. The van der Waals surface area contributed by atoms with Crippen LogP contribution in [0.4, 0.5) is 5.69 Å². The summed E-state index contributed by atoms with van der Waals surface area (Å²) in [6, 6.07) is 5.29. The van der Waals surface area contributed by atoms with E-state index in [1.165, 1.54) is 11.3 Å². The molecule has 0 aromatic heterocycles. The van der Waals surface area contributed by atoms with E-state index in [2.05, 4.69) is 5.32 Å². The first-order valence-corrected chi connectivity index (χ1v) is 9.32. The van der Waals surface area contributed by atoms with Crippen LogP contribution in [-0.2, 0) is 4.79 Å². The Morgan fingerprint density at radius 3 is 2.40 bits per heavy atom. The third-order valence-electron chi connectivity index (χ3n) is 5.66. The van der Waals surface area contributed by atoms with E-state index in [-0.39, 0.29) is 23.8 Å². The molecular formula is C19H26ClN3O2. The zero-order chi connectivity index (χ0) is 18.1. The fourth-order valence-corrected chi connectivity index (χ4v) is 4.52. The Kier molecular flexibility index (Phi) is 5.35. The number of hydrogen-bond acceptors (Lipinski definition) is 3. The third kappa shape index (κ3) is 3.82. The van der Waals surface area contributed by atoms with Crippen molar-refractivity contribution in [2.45, 2.75) is 38.1 Å². The number of amides is 2. The Labute approximate surface area is 153 Å². The summed E-state index contributed by atoms with van der Waals surface area (Å²) in [5.74, 6) is 0.819. The molecule has 25 heavy (non-hydrogen) atoms. The van der Waals surface area contributed by atoms with Crippen molar-refractivity contribution in [2.24, 2.45) is 23.5 Å². The van der Waals surface area contributed by atoms with Crippen molar-refractivity contribution in [3.05, 3.63) is 28.8 Å². The van der Waals surface area contributed by atoms with Gasteiger partial charge in [-0.15, -0.1) is 0 Å². The van der Waals surface area contributed by atoms with Crippen molar-refractivity contribution in [3.63, 3.8) is 0 Å². The largest absolute Gasteiger partial charge is 0.345 e. The highest BCUT2D eigenvalue weighted by atomic mass is 35.5. The van der Waals surface area contributed by atoms with Crippen LogP contribution in [0.2, 0.25) is 5.02 Å². The lowest BCUT2D eigenvalue weighted by atomic mass is 9.65. The molecule has 2 atom stereocenters. The van der Waals surface area contributed by atoms with E-state index in [1.807, 2.05) is 0 Å². The van der Waals surface area contributed by atoms with Crippen LogP contribution < -0.4 is 11.1 Å². The Hall–Kier alpha value is -1.59. The molecule has 0 radical (unpaired) electrons. The molecule has 136 valence electrons. The molecule has 0 heterocycles. The van der Waals surface area contributed by atoms with Crippen LogP contribution in [0, 0.1) is 17.8 Å². The minimum atomic E-state index is -0.156. The van der Waals surface area contributed by atoms with Crippen LogP contribution in [0.15, 0.2) is 18.2 Å². The summed E-state index contributed by atoms with van der Waals surface area (Å²) in [5.41, 5.74) is 7.37. The lowest BCUT2D eigenvalue weighted by Gasteiger charge is -2.43. The maximum Gasteiger partial charge on any atom is 0.254 e. The number of benzene rings is 1. The maximum atomic E-state index is 12.7. The lowest BCUT2D eigenvalue weighted by molar-refractivity contribution is -0.122. The Morgan fingerprint density at radius 2 is 1.84 bits per heavy atom. The predicted octanol–water partition coefficient (Wildman–Crippen LogP) is 3.13. The van der Waals surface area contributed by atoms with Gasteiger partial charge in [-0.3, -0.25) is 9.59 Å². The SMILES string of the molecule is CN(C)C(=O)c1ccc(NC(=O)C2CC3CCCC(C2)C3N)cc1Cl. The molecule has 2 aliphatic carbocycles. The van der Waals surface area contributed by atoms with Gasteiger partial charge in [-0.2, -0.15) is 0 Å². The molecule has 2 aliphatic rings. The molecule has 2 fully saturated rings. The highest BCUT2D eigenvalue weighted by Crippen LogP contribution is 2.42. The first kappa shape index (κ1) is 18.2. The molecule has 0 spiro atoms. The van der Waals surface area contributed by atoms with Crippen LogP contribution in [-0.4, -0.2) is 36.9 Å². The van der Waals surface area contributed by atoms with Crippen LogP contribution in [0.25, 0.3) is 0 Å². The van der Waals surface area contributed by atoms with Gasteiger partial charge in [-0.25, -0.2) is 0 Å². The average Bonchev–Trinajstić information content (AvgIpc) is 2.54. The first-order valence-electron chi connectivity index (χ1n) is 8.94. The van der Waals surface area contributed by atoms with Crippen LogP contribution in [0.5, 0.6) is 0 Å². The summed E-state index contributed by atoms with van der Waals surface area (Å²) < 4.78 is 0. The predicted molar refractivity (Wildman–Crippen MR) is 99.6 cm³/mol. The number of anilines is 1. The molecule has 2 unspecified atom stereocenters. The number of halogens is 1. The summed E-state index contributed by atoms with van der Waals surface area (Å²) >= 11 is 6.22. The van der Waals surface area contributed by atoms with Gasteiger partial charge in [0.15, 0.2) is 0 Å². The van der Waals surface area contributed by atoms with Crippen molar-refractivity contribution in [1.29, 1.82) is 0 Å². The molecule has 0 aliphatic heterocycles. The molecule has 2 bridgehead atoms. The van der Waals surface area contributed by atoms with Crippen molar-refractivity contribution >= 4 is 29.1 Å². The highest BCUT2D eigenvalue weighted by molar-refractivity contribution is 6.34. The first-order chi connectivity index (χ1) is 11.9. The van der Waals surface area contributed by atoms with E-state index in [4.69, 9.17) is 17.3 Å². The number of nitrogens with two attached hydrogens (primary N) is 1. The van der Waals surface area contributed by atoms with Gasteiger partial charge in [0, 0.05) is 31.7 Å². The maximum absolute atomic E-state index is 12.7. The summed E-state index contributed by atoms with van der Waals surface area (Å²) in [7, 11) is 3.36. The zero-order valence-corrected chi connectivity index (χ0v) is 15.6. The van der Waals surface area contributed by atoms with E-state index in [0.717, 1.165) is 25.7 Å². The number of hydrogen-bond donors (Lipinski definition) is 2. The van der Waals surface area contributed by atoms with Gasteiger partial charge >= 0.3 is 0 Å². The minimum Gasteiger partial charge on any atom is -0.345 e. The van der Waals surface area contributed by atoms with Gasteiger partial charge in [0.2, 0.25) is 5.91 Å². The van der Waals surface area contributed by atoms with Crippen LogP contribution >= 0.6 is 11.6 Å². The summed E-state index contributed by atoms with van der Waals surface area (Å²) in [5, 5.41) is 3.31. The second-order valence-corrected chi connectivity index (χ2v) is 7.99. The van der Waals surface area contributed by atoms with E-state index in [1.54, 1.807) is 32.3 Å². The summed E-state index contributed by atoms with van der Waals surface area (Å²) in [6.07, 6.45) is 5.24. The van der Waals surface area contributed by atoms with Crippen molar-refractivity contribution in [1.82, 2.24) is 4.90 Å². The zero-order valence-electron chi connectivity index (χ0n) is 14.8. The standard InChI is InChI=1S/C19H26ClN3O2/c1-23(2)19(25)15-7-6-14(10-16(15)20)22-18(24)13-8-11-4-3-5-12(9-13)17(11)21/h6-7,10-13,17H,3-5,8-9,21H2,1-2H3,(H,22,24). The van der Waals surface area contributed by atoms with Crippen molar-refractivity contribution in [2.75, 3.05) is 19.4 Å². The second kappa shape index (κ2) is 7.34. The van der Waals surface area contributed by atoms with Crippen LogP contribution in [0.1, 0.15) is 42.5 Å². The molecular weight excluding hydrogens is 338 g/mol. The highest BCUT2D eigenvalue weighted by Gasteiger charge is 2.40. The van der Waals surface area contributed by atoms with Gasteiger partial charge in [-0.05, 0) is 55.7 Å². The summed E-state index contributed by atoms with van der Waals surface area (Å²) in [4.78, 5) is 26.2. The van der Waals surface area contributed by atoms with Gasteiger partial charge in [0.25, 0.3) is 5.91 Å². The smallest absolute Gasteiger partial charge is 0.254 e. The van der Waals surface area contributed by atoms with Crippen molar-refractivity contribution in [3.8, 4) is 0 Å². The molecule has 5 nitrogen and oxygen atoms in total. The van der Waals surface area contributed by atoms with E-state index < -0.39 is 0 Å². The monoisotopic (exact) mass is 363 g/mol. The number of nitrogens with zero attached hydrogens (tertiary/aromatic N) is 1. The Bertz CT molecular complexity index is 663. The summed E-state index contributed by atoms with van der Waals surface area (Å²) in [6.45, 7) is 0. The number of nitrogens with one attached hydrogen (secondary N) is 1. The van der Waals surface area contributed by atoms with E-state index in [0.29, 0.717) is 28.1 Å². The fourth-order valence-electron chi connectivity index (χ4n) is 4.25. The van der Waals surface area contributed by atoms with E-state index in [9.17, 15) is 9.59 Å². The number of rotatable bonds is 3. The molecule has 6 heteroatoms. The molecule has 1 aromatic carbocycles. The minimum absolute atomic E-state index is 0.0111. The molecule has 3 N–H and O–H groups in total. The number of fused-ring (bicyclic) bond motifs is 2. The fraction of sp³-hybridized carbons (Fsp3) is 0.579. The van der Waals surface area contributed by atoms with Gasteiger partial charge in [0.05, 0.1) is 10.6 Å². The molecule has 0 saturated heterocycles. The molecule has 2 amide bonds. The molecule has 2 saturated carbocycles.